The van der Waals surface area contributed by atoms with Gasteiger partial charge < -0.3 is 14.2 Å². The number of H-pyrrole nitrogens is 1. The van der Waals surface area contributed by atoms with Crippen LogP contribution in [0, 0.1) is 5.92 Å². The summed E-state index contributed by atoms with van der Waals surface area (Å²) in [5.41, 5.74) is 1.16. The van der Waals surface area contributed by atoms with E-state index in [1.165, 1.54) is 17.8 Å². The van der Waals surface area contributed by atoms with Gasteiger partial charge in [-0.25, -0.2) is 9.78 Å². The number of pyridine rings is 1. The second-order valence-corrected chi connectivity index (χ2v) is 10.3. The SMILES string of the molecule is CN1CCS[C@H]1C(=O)O[C@@H](Cc1c(Cl)c[nH+]cc1Cl)c1ccc(OC(F)F)c(OCC2CC2)c1. The first-order chi connectivity index (χ1) is 16.3. The molecule has 11 heteroatoms. The summed E-state index contributed by atoms with van der Waals surface area (Å²) in [5, 5.41) is 0.358. The Morgan fingerprint density at radius 3 is 2.59 bits per heavy atom. The molecule has 1 N–H and O–H groups in total. The summed E-state index contributed by atoms with van der Waals surface area (Å²) in [5.74, 6) is 0.951. The molecule has 1 aliphatic carbocycles. The monoisotopic (exact) mass is 533 g/mol. The van der Waals surface area contributed by atoms with E-state index in [1.807, 2.05) is 11.9 Å². The number of thioether (sulfide) groups is 1. The maximum absolute atomic E-state index is 13.0. The fourth-order valence-corrected chi connectivity index (χ4v) is 5.31. The average molecular weight is 534 g/mol. The smallest absolute Gasteiger partial charge is 0.387 e. The Morgan fingerprint density at radius 1 is 1.24 bits per heavy atom. The second kappa shape index (κ2) is 11.3. The van der Waals surface area contributed by atoms with Gasteiger partial charge in [0.2, 0.25) is 0 Å². The van der Waals surface area contributed by atoms with E-state index in [9.17, 15) is 13.6 Å². The van der Waals surface area contributed by atoms with E-state index in [-0.39, 0.29) is 17.9 Å². The van der Waals surface area contributed by atoms with Gasteiger partial charge in [0.1, 0.15) is 16.1 Å². The van der Waals surface area contributed by atoms with Crippen molar-refractivity contribution < 1.29 is 32.8 Å². The molecule has 1 saturated carbocycles. The minimum absolute atomic E-state index is 0.0686. The highest BCUT2D eigenvalue weighted by Crippen LogP contribution is 2.38. The lowest BCUT2D eigenvalue weighted by atomic mass is 10.0. The van der Waals surface area contributed by atoms with Crippen molar-refractivity contribution in [1.82, 2.24) is 4.90 Å². The summed E-state index contributed by atoms with van der Waals surface area (Å²) in [6, 6.07) is 4.57. The standard InChI is InChI=1S/C23H24Cl2F2N2O4S/c1-29-6-7-34-21(29)22(30)32-19(9-15-16(24)10-28-11-17(15)25)14-4-5-18(33-23(26)27)20(8-14)31-12-13-2-3-13/h4-5,8,10-11,13,19,21,23H,2-3,6-7,9,12H2,1H3/p+1/t19-,21-/m0/s1. The van der Waals surface area contributed by atoms with E-state index in [0.717, 1.165) is 25.1 Å². The zero-order valence-corrected chi connectivity index (χ0v) is 20.8. The lowest BCUT2D eigenvalue weighted by Crippen LogP contribution is -2.33. The van der Waals surface area contributed by atoms with Crippen molar-refractivity contribution in [2.24, 2.45) is 5.92 Å². The molecule has 2 atom stereocenters. The number of halogens is 4. The maximum Gasteiger partial charge on any atom is 0.387 e. The van der Waals surface area contributed by atoms with Crippen molar-refractivity contribution in [2.45, 2.75) is 37.4 Å². The Kier molecular flexibility index (Phi) is 8.39. The van der Waals surface area contributed by atoms with Gasteiger partial charge >= 0.3 is 12.6 Å². The van der Waals surface area contributed by atoms with Crippen LogP contribution >= 0.6 is 35.0 Å². The highest BCUT2D eigenvalue weighted by Gasteiger charge is 2.33. The lowest BCUT2D eigenvalue weighted by molar-refractivity contribution is -0.377. The molecule has 0 unspecified atom stereocenters. The Bertz CT molecular complexity index is 1010. The van der Waals surface area contributed by atoms with Crippen LogP contribution in [-0.4, -0.2) is 48.8 Å². The van der Waals surface area contributed by atoms with E-state index in [4.69, 9.17) is 32.7 Å². The van der Waals surface area contributed by atoms with Crippen LogP contribution in [0.25, 0.3) is 0 Å². The average Bonchev–Trinajstić information content (AvgIpc) is 3.52. The van der Waals surface area contributed by atoms with Gasteiger partial charge in [0, 0.05) is 24.3 Å². The minimum Gasteiger partial charge on any atom is -0.489 e. The summed E-state index contributed by atoms with van der Waals surface area (Å²) in [7, 11) is 1.86. The van der Waals surface area contributed by atoms with Gasteiger partial charge in [0.25, 0.3) is 0 Å². The van der Waals surface area contributed by atoms with Crippen molar-refractivity contribution in [2.75, 3.05) is 26.0 Å². The number of hydrogen-bond donors (Lipinski definition) is 0. The van der Waals surface area contributed by atoms with Crippen LogP contribution in [0.2, 0.25) is 10.0 Å². The van der Waals surface area contributed by atoms with Crippen molar-refractivity contribution in [1.29, 1.82) is 0 Å². The van der Waals surface area contributed by atoms with E-state index in [0.29, 0.717) is 33.7 Å². The van der Waals surface area contributed by atoms with Gasteiger partial charge in [-0.15, -0.1) is 11.8 Å². The lowest BCUT2D eigenvalue weighted by Gasteiger charge is -2.24. The van der Waals surface area contributed by atoms with Gasteiger partial charge in [-0.3, -0.25) is 4.90 Å². The summed E-state index contributed by atoms with van der Waals surface area (Å²) in [6.07, 6.45) is 4.68. The van der Waals surface area contributed by atoms with E-state index in [1.54, 1.807) is 24.5 Å². The molecule has 4 rings (SSSR count). The number of rotatable bonds is 10. The Labute approximate surface area is 210 Å². The number of carbonyl (C=O) groups is 1. The largest absolute Gasteiger partial charge is 0.489 e. The third-order valence-corrected chi connectivity index (χ3v) is 7.65. The highest BCUT2D eigenvalue weighted by molar-refractivity contribution is 8.00. The van der Waals surface area contributed by atoms with Gasteiger partial charge in [-0.05, 0) is 43.5 Å². The predicted molar refractivity (Wildman–Crippen MR) is 126 cm³/mol. The van der Waals surface area contributed by atoms with Crippen LogP contribution in [0.4, 0.5) is 8.78 Å². The Morgan fingerprint density at radius 2 is 1.97 bits per heavy atom. The normalized spacial score (nSPS) is 19.3. The number of benzene rings is 1. The number of hydrogen-bond acceptors (Lipinski definition) is 6. The number of nitrogens with one attached hydrogen (secondary N) is 1. The fraction of sp³-hybridized carbons (Fsp3) is 0.478. The van der Waals surface area contributed by atoms with Crippen molar-refractivity contribution in [3.8, 4) is 11.5 Å². The molecule has 1 aromatic heterocycles. The molecule has 1 aliphatic heterocycles. The van der Waals surface area contributed by atoms with E-state index in [2.05, 4.69) is 9.72 Å². The summed E-state index contributed by atoms with van der Waals surface area (Å²) < 4.78 is 42.3. The molecule has 6 nitrogen and oxygen atoms in total. The van der Waals surface area contributed by atoms with Crippen LogP contribution in [0.15, 0.2) is 30.6 Å². The Balaban J connectivity index is 1.64. The van der Waals surface area contributed by atoms with Crippen LogP contribution in [0.1, 0.15) is 30.1 Å². The zero-order valence-electron chi connectivity index (χ0n) is 18.4. The van der Waals surface area contributed by atoms with Crippen LogP contribution < -0.4 is 14.5 Å². The second-order valence-electron chi connectivity index (χ2n) is 8.30. The first kappa shape index (κ1) is 25.3. The minimum atomic E-state index is -2.99. The topological polar surface area (TPSA) is 62.1 Å². The number of esters is 1. The molecule has 1 saturated heterocycles. The van der Waals surface area contributed by atoms with Gasteiger partial charge in [0.05, 0.1) is 6.61 Å². The molecule has 2 aromatic rings. The summed E-state index contributed by atoms with van der Waals surface area (Å²) in [6.45, 7) is -1.81. The van der Waals surface area contributed by atoms with Crippen molar-refractivity contribution >= 4 is 40.9 Å². The molecular weight excluding hydrogens is 509 g/mol. The fourth-order valence-electron chi connectivity index (χ4n) is 3.61. The molecule has 2 heterocycles. The molecule has 0 bridgehead atoms. The first-order valence-electron chi connectivity index (χ1n) is 10.9. The quantitative estimate of drug-likeness (QED) is 0.399. The third-order valence-electron chi connectivity index (χ3n) is 5.69. The number of aromatic nitrogens is 1. The molecule has 2 fully saturated rings. The summed E-state index contributed by atoms with van der Waals surface area (Å²) in [4.78, 5) is 17.8. The van der Waals surface area contributed by atoms with Crippen molar-refractivity contribution in [3.63, 3.8) is 0 Å². The summed E-state index contributed by atoms with van der Waals surface area (Å²) >= 11 is 14.2. The maximum atomic E-state index is 13.0. The molecule has 0 spiro atoms. The van der Waals surface area contributed by atoms with Crippen molar-refractivity contribution in [3.05, 3.63) is 51.8 Å². The molecule has 0 radical (unpaired) electrons. The number of ether oxygens (including phenoxy) is 3. The van der Waals surface area contributed by atoms with E-state index < -0.39 is 24.1 Å². The zero-order chi connectivity index (χ0) is 24.2. The number of aromatic amines is 1. The highest BCUT2D eigenvalue weighted by atomic mass is 35.5. The van der Waals surface area contributed by atoms with Gasteiger partial charge in [-0.2, -0.15) is 8.78 Å². The molecule has 0 amide bonds. The van der Waals surface area contributed by atoms with Gasteiger partial charge in [-0.1, -0.05) is 29.3 Å². The number of likely N-dealkylation sites (N-methyl/N-ethyl adjacent to an activating group) is 1. The third kappa shape index (κ3) is 6.44. The van der Waals surface area contributed by atoms with Crippen LogP contribution in [-0.2, 0) is 16.0 Å². The number of carbonyl (C=O) groups excluding carboxylic acids is 1. The van der Waals surface area contributed by atoms with Crippen LogP contribution in [0.5, 0.6) is 11.5 Å². The predicted octanol–water partition coefficient (Wildman–Crippen LogP) is 5.03. The van der Waals surface area contributed by atoms with Gasteiger partial charge in [0.15, 0.2) is 29.3 Å². The Hall–Kier alpha value is -1.81. The number of alkyl halides is 2. The molecule has 34 heavy (non-hydrogen) atoms. The molecule has 184 valence electrons. The number of nitrogens with zero attached hydrogens (tertiary/aromatic N) is 1. The molecule has 1 aromatic carbocycles. The first-order valence-corrected chi connectivity index (χ1v) is 12.7. The van der Waals surface area contributed by atoms with Crippen LogP contribution in [0.3, 0.4) is 0 Å². The molecular formula is C23H25Cl2F2N2O4S+. The van der Waals surface area contributed by atoms with E-state index >= 15 is 0 Å². The molecule has 2 aliphatic rings.